The molecule has 3 heterocycles. The van der Waals surface area contributed by atoms with Crippen LogP contribution in [0.25, 0.3) is 0 Å². The number of aryl methyl sites for hydroxylation is 2. The fourth-order valence-corrected chi connectivity index (χ4v) is 4.07. The van der Waals surface area contributed by atoms with Gasteiger partial charge in [0, 0.05) is 31.7 Å². The highest BCUT2D eigenvalue weighted by molar-refractivity contribution is 14.0. The van der Waals surface area contributed by atoms with Gasteiger partial charge in [-0.15, -0.1) is 24.0 Å². The van der Waals surface area contributed by atoms with Gasteiger partial charge < -0.3 is 20.1 Å². The molecule has 29 heavy (non-hydrogen) atoms. The van der Waals surface area contributed by atoms with Gasteiger partial charge in [-0.1, -0.05) is 5.16 Å². The number of likely N-dealkylation sites (tertiary alicyclic amines) is 1. The van der Waals surface area contributed by atoms with E-state index in [2.05, 4.69) is 32.9 Å². The van der Waals surface area contributed by atoms with E-state index in [4.69, 9.17) is 9.52 Å². The number of imide groups is 1. The molecule has 3 rings (SSSR count). The number of carbonyl (C=O) groups excluding carboxylic acids is 2. The lowest BCUT2D eigenvalue weighted by Crippen LogP contribution is -2.55. The predicted octanol–water partition coefficient (Wildman–Crippen LogP) is 1.73. The van der Waals surface area contributed by atoms with Crippen LogP contribution in [0.4, 0.5) is 4.79 Å². The van der Waals surface area contributed by atoms with Crippen LogP contribution in [0.3, 0.4) is 0 Å². The van der Waals surface area contributed by atoms with E-state index in [0.717, 1.165) is 61.9 Å². The lowest BCUT2D eigenvalue weighted by molar-refractivity contribution is -0.125. The fourth-order valence-electron chi connectivity index (χ4n) is 4.07. The highest BCUT2D eigenvalue weighted by Crippen LogP contribution is 2.30. The third-order valence-electron chi connectivity index (χ3n) is 5.82. The summed E-state index contributed by atoms with van der Waals surface area (Å²) in [4.78, 5) is 30.7. The smallest absolute Gasteiger partial charge is 0.322 e. The largest absolute Gasteiger partial charge is 0.361 e. The summed E-state index contributed by atoms with van der Waals surface area (Å²) in [5.41, 5.74) is 1.22. The number of carbonyl (C=O) groups is 2. The first-order chi connectivity index (χ1) is 13.3. The minimum absolute atomic E-state index is 0. The number of aliphatic imine (C=N–C) groups is 1. The number of nitrogens with zero attached hydrogens (tertiary/aromatic N) is 3. The van der Waals surface area contributed by atoms with Gasteiger partial charge in [-0.2, -0.15) is 0 Å². The molecule has 1 aromatic heterocycles. The Morgan fingerprint density at radius 2 is 2.03 bits per heavy atom. The number of urea groups is 1. The first kappa shape index (κ1) is 23.4. The summed E-state index contributed by atoms with van der Waals surface area (Å²) in [6.07, 6.45) is 2.42. The second kappa shape index (κ2) is 9.77. The molecule has 0 aliphatic carbocycles. The number of guanidine groups is 1. The molecule has 0 radical (unpaired) electrons. The minimum atomic E-state index is -0.817. The molecule has 2 aliphatic rings. The van der Waals surface area contributed by atoms with Crippen LogP contribution in [0.2, 0.25) is 0 Å². The molecule has 162 valence electrons. The van der Waals surface area contributed by atoms with E-state index in [0.29, 0.717) is 6.54 Å². The predicted molar refractivity (Wildman–Crippen MR) is 120 cm³/mol. The van der Waals surface area contributed by atoms with Crippen LogP contribution >= 0.6 is 24.0 Å². The number of amides is 3. The van der Waals surface area contributed by atoms with Crippen molar-refractivity contribution < 1.29 is 14.1 Å². The van der Waals surface area contributed by atoms with Crippen molar-refractivity contribution in [3.05, 3.63) is 17.0 Å². The van der Waals surface area contributed by atoms with Crippen molar-refractivity contribution in [2.24, 2.45) is 10.9 Å². The summed E-state index contributed by atoms with van der Waals surface area (Å²) in [6, 6.07) is -0.399. The first-order valence-corrected chi connectivity index (χ1v) is 9.93. The third-order valence-corrected chi connectivity index (χ3v) is 5.82. The molecule has 0 aromatic carbocycles. The number of piperidine rings is 1. The zero-order valence-corrected chi connectivity index (χ0v) is 19.8. The Morgan fingerprint density at radius 3 is 2.55 bits per heavy atom. The summed E-state index contributed by atoms with van der Waals surface area (Å²) < 4.78 is 5.22. The van der Waals surface area contributed by atoms with Crippen molar-refractivity contribution in [3.63, 3.8) is 0 Å². The van der Waals surface area contributed by atoms with E-state index in [1.54, 1.807) is 0 Å². The zero-order chi connectivity index (χ0) is 20.3. The highest BCUT2D eigenvalue weighted by atomic mass is 127. The van der Waals surface area contributed by atoms with Gasteiger partial charge >= 0.3 is 6.03 Å². The average Bonchev–Trinajstić information content (AvgIpc) is 3.13. The summed E-state index contributed by atoms with van der Waals surface area (Å²) in [7, 11) is 0. The second-order valence-electron chi connectivity index (χ2n) is 7.66. The van der Waals surface area contributed by atoms with Gasteiger partial charge in [-0.05, 0) is 52.9 Å². The normalized spacial score (nSPS) is 22.9. The van der Waals surface area contributed by atoms with Crippen molar-refractivity contribution in [2.75, 3.05) is 26.2 Å². The Hall–Kier alpha value is -1.85. The van der Waals surface area contributed by atoms with Gasteiger partial charge in [0.25, 0.3) is 5.91 Å². The third kappa shape index (κ3) is 5.01. The number of nitrogens with one attached hydrogen (secondary N) is 3. The molecule has 0 saturated carbocycles. The van der Waals surface area contributed by atoms with Crippen LogP contribution in [-0.2, 0) is 11.2 Å². The van der Waals surface area contributed by atoms with Crippen molar-refractivity contribution >= 4 is 41.9 Å². The maximum absolute atomic E-state index is 12.2. The number of rotatable bonds is 5. The Labute approximate surface area is 188 Å². The number of halogens is 1. The quantitative estimate of drug-likeness (QED) is 0.237. The molecule has 2 fully saturated rings. The van der Waals surface area contributed by atoms with Crippen molar-refractivity contribution in [2.45, 2.75) is 52.5 Å². The van der Waals surface area contributed by atoms with Crippen molar-refractivity contribution in [1.82, 2.24) is 26.0 Å². The van der Waals surface area contributed by atoms with Gasteiger partial charge in [0.2, 0.25) is 0 Å². The monoisotopic (exact) mass is 518 g/mol. The summed E-state index contributed by atoms with van der Waals surface area (Å²) in [5, 5.41) is 12.5. The second-order valence-corrected chi connectivity index (χ2v) is 7.66. The molecule has 9 nitrogen and oxygen atoms in total. The Kier molecular flexibility index (Phi) is 7.89. The summed E-state index contributed by atoms with van der Waals surface area (Å²) >= 11 is 0. The molecule has 0 bridgehead atoms. The molecule has 1 unspecified atom stereocenters. The van der Waals surface area contributed by atoms with Crippen LogP contribution in [0.15, 0.2) is 9.52 Å². The van der Waals surface area contributed by atoms with Crippen LogP contribution in [0.1, 0.15) is 43.7 Å². The Morgan fingerprint density at radius 1 is 1.34 bits per heavy atom. The topological polar surface area (TPSA) is 112 Å². The van der Waals surface area contributed by atoms with Crippen LogP contribution in [0.5, 0.6) is 0 Å². The van der Waals surface area contributed by atoms with E-state index in [1.165, 1.54) is 0 Å². The standard InChI is InChI=1S/C19H30N6O3.HI/c1-5-20-17(21-9-6-15-12(2)24-28-13(15)3)25-10-7-14(8-11-25)19(4)16(26)22-18(27)23-19;/h14H,5-11H2,1-4H3,(H,20,21)(H2,22,23,26,27);1H. The fraction of sp³-hybridized carbons (Fsp3) is 0.684. The van der Waals surface area contributed by atoms with Crippen LogP contribution < -0.4 is 16.0 Å². The van der Waals surface area contributed by atoms with Crippen LogP contribution in [0, 0.1) is 19.8 Å². The lowest BCUT2D eigenvalue weighted by Gasteiger charge is -2.39. The zero-order valence-electron chi connectivity index (χ0n) is 17.5. The summed E-state index contributed by atoms with van der Waals surface area (Å²) in [6.45, 7) is 10.8. The number of hydrogen-bond donors (Lipinski definition) is 3. The lowest BCUT2D eigenvalue weighted by atomic mass is 9.79. The van der Waals surface area contributed by atoms with Gasteiger partial charge in [-0.3, -0.25) is 15.1 Å². The Balaban J connectivity index is 0.00000300. The molecule has 1 aromatic rings. The van der Waals surface area contributed by atoms with E-state index >= 15 is 0 Å². The molecule has 2 aliphatic heterocycles. The molecule has 10 heteroatoms. The number of hydrogen-bond acceptors (Lipinski definition) is 5. The minimum Gasteiger partial charge on any atom is -0.361 e. The van der Waals surface area contributed by atoms with Crippen molar-refractivity contribution in [3.8, 4) is 0 Å². The van der Waals surface area contributed by atoms with Crippen LogP contribution in [-0.4, -0.2) is 59.7 Å². The molecular formula is C19H31IN6O3. The molecule has 2 saturated heterocycles. The number of aromatic nitrogens is 1. The maximum Gasteiger partial charge on any atom is 0.322 e. The molecule has 3 amide bonds. The molecule has 3 N–H and O–H groups in total. The Bertz CT molecular complexity index is 752. The maximum atomic E-state index is 12.2. The van der Waals surface area contributed by atoms with E-state index < -0.39 is 11.6 Å². The van der Waals surface area contributed by atoms with Gasteiger partial charge in [-0.25, -0.2) is 4.79 Å². The van der Waals surface area contributed by atoms with E-state index in [-0.39, 0.29) is 35.8 Å². The molecular weight excluding hydrogens is 487 g/mol. The van der Waals surface area contributed by atoms with Gasteiger partial charge in [0.1, 0.15) is 11.3 Å². The first-order valence-electron chi connectivity index (χ1n) is 9.93. The molecule has 0 spiro atoms. The average molecular weight is 518 g/mol. The van der Waals surface area contributed by atoms with Gasteiger partial charge in [0.05, 0.1) is 5.69 Å². The van der Waals surface area contributed by atoms with Crippen molar-refractivity contribution in [1.29, 1.82) is 0 Å². The summed E-state index contributed by atoms with van der Waals surface area (Å²) in [5.74, 6) is 1.62. The van der Waals surface area contributed by atoms with E-state index in [1.807, 2.05) is 20.8 Å². The highest BCUT2D eigenvalue weighted by Gasteiger charge is 2.48. The van der Waals surface area contributed by atoms with E-state index in [9.17, 15) is 9.59 Å². The SMILES string of the molecule is CCNC(=NCCc1c(C)noc1C)N1CCC(C2(C)NC(=O)NC2=O)CC1.I. The molecule has 1 atom stereocenters. The van der Waals surface area contributed by atoms with Gasteiger partial charge in [0.15, 0.2) is 5.96 Å².